The molecule has 112 valence electrons. The third-order valence-corrected chi connectivity index (χ3v) is 3.63. The molecule has 0 aliphatic rings. The highest BCUT2D eigenvalue weighted by Crippen LogP contribution is 2.28. The maximum absolute atomic E-state index is 13.6. The Morgan fingerprint density at radius 2 is 2.00 bits per heavy atom. The topological polar surface area (TPSA) is 72.7 Å². The number of hydrogen-bond donors (Lipinski definition) is 1. The van der Waals surface area contributed by atoms with Crippen LogP contribution in [0.15, 0.2) is 30.2 Å². The largest absolute Gasteiger partial charge is 0.318 e. The molecule has 3 aromatic rings. The molecule has 9 heteroatoms. The molecule has 3 aromatic heterocycles. The molecule has 0 spiro atoms. The summed E-state index contributed by atoms with van der Waals surface area (Å²) in [5.41, 5.74) is 0.281. The van der Waals surface area contributed by atoms with Crippen LogP contribution >= 0.6 is 11.3 Å². The van der Waals surface area contributed by atoms with E-state index >= 15 is 0 Å². The Morgan fingerprint density at radius 3 is 2.64 bits per heavy atom. The van der Waals surface area contributed by atoms with Crippen LogP contribution in [0.1, 0.15) is 10.5 Å². The molecule has 0 saturated heterocycles. The normalized spacial score (nSPS) is 10.7. The Kier molecular flexibility index (Phi) is 3.63. The second-order valence-electron chi connectivity index (χ2n) is 4.37. The van der Waals surface area contributed by atoms with E-state index in [-0.39, 0.29) is 16.3 Å². The number of carbonyl (C=O) groups excluding carboxylic acids is 1. The maximum atomic E-state index is 13.6. The summed E-state index contributed by atoms with van der Waals surface area (Å²) in [5.74, 6) is -2.13. The van der Waals surface area contributed by atoms with Gasteiger partial charge in [-0.25, -0.2) is 13.8 Å². The number of thiazole rings is 1. The molecule has 0 aliphatic heterocycles. The molecule has 0 aliphatic carbocycles. The summed E-state index contributed by atoms with van der Waals surface area (Å²) in [6.07, 6.45) is 4.89. The lowest BCUT2D eigenvalue weighted by Gasteiger charge is -2.00. The molecule has 22 heavy (non-hydrogen) atoms. The van der Waals surface area contributed by atoms with Crippen LogP contribution in [0.3, 0.4) is 0 Å². The van der Waals surface area contributed by atoms with Gasteiger partial charge in [-0.3, -0.25) is 14.5 Å². The van der Waals surface area contributed by atoms with Crippen LogP contribution in [0.2, 0.25) is 0 Å². The van der Waals surface area contributed by atoms with E-state index in [0.717, 1.165) is 23.7 Å². The monoisotopic (exact) mass is 321 g/mol. The number of hydrogen-bond acceptors (Lipinski definition) is 5. The number of pyridine rings is 1. The minimum atomic E-state index is -0.825. The molecule has 6 nitrogen and oxygen atoms in total. The van der Waals surface area contributed by atoms with E-state index in [1.165, 1.54) is 16.3 Å². The average molecular weight is 321 g/mol. The van der Waals surface area contributed by atoms with E-state index in [1.54, 1.807) is 13.2 Å². The van der Waals surface area contributed by atoms with Crippen LogP contribution in [-0.2, 0) is 7.05 Å². The Morgan fingerprint density at radius 1 is 1.27 bits per heavy atom. The highest BCUT2D eigenvalue weighted by Gasteiger charge is 2.18. The van der Waals surface area contributed by atoms with E-state index in [4.69, 9.17) is 0 Å². The fraction of sp³-hybridized carbons (Fsp3) is 0.0769. The molecular formula is C13H9F2N5OS. The molecule has 3 heterocycles. The van der Waals surface area contributed by atoms with Gasteiger partial charge in [0.1, 0.15) is 10.7 Å². The average Bonchev–Trinajstić information content (AvgIpc) is 3.08. The van der Waals surface area contributed by atoms with E-state index in [2.05, 4.69) is 20.4 Å². The quantitative estimate of drug-likeness (QED) is 0.804. The van der Waals surface area contributed by atoms with Crippen molar-refractivity contribution in [3.8, 4) is 10.6 Å². The van der Waals surface area contributed by atoms with E-state index in [1.807, 2.05) is 0 Å². The SMILES string of the molecule is Cn1cc(NC(=O)c2csc(-c3c(F)cncc3F)n2)cn1. The fourth-order valence-electron chi connectivity index (χ4n) is 1.79. The number of carbonyl (C=O) groups is 1. The van der Waals surface area contributed by atoms with Gasteiger partial charge in [-0.2, -0.15) is 5.10 Å². The third-order valence-electron chi connectivity index (χ3n) is 2.77. The number of nitrogens with zero attached hydrogens (tertiary/aromatic N) is 4. The van der Waals surface area contributed by atoms with Gasteiger partial charge in [0.05, 0.1) is 29.8 Å². The standard InChI is InChI=1S/C13H9F2N5OS/c1-20-5-7(2-17-20)18-12(21)10-6-22-13(19-10)11-8(14)3-16-4-9(11)15/h2-6H,1H3,(H,18,21). The van der Waals surface area contributed by atoms with E-state index < -0.39 is 17.5 Å². The summed E-state index contributed by atoms with van der Waals surface area (Å²) in [4.78, 5) is 19.4. The van der Waals surface area contributed by atoms with Crippen LogP contribution in [-0.4, -0.2) is 25.7 Å². The number of amides is 1. The van der Waals surface area contributed by atoms with Crippen LogP contribution in [0.4, 0.5) is 14.5 Å². The molecule has 0 bridgehead atoms. The summed E-state index contributed by atoms with van der Waals surface area (Å²) in [7, 11) is 1.71. The zero-order valence-electron chi connectivity index (χ0n) is 11.2. The van der Waals surface area contributed by atoms with Crippen LogP contribution in [0, 0.1) is 11.6 Å². The van der Waals surface area contributed by atoms with Crippen molar-refractivity contribution >= 4 is 22.9 Å². The van der Waals surface area contributed by atoms with E-state index in [0.29, 0.717) is 5.69 Å². The fourth-order valence-corrected chi connectivity index (χ4v) is 2.64. The van der Waals surface area contributed by atoms with Crippen molar-refractivity contribution in [1.82, 2.24) is 19.7 Å². The Labute approximate surface area is 127 Å². The first-order valence-corrected chi connectivity index (χ1v) is 6.97. The molecule has 0 saturated carbocycles. The molecule has 0 fully saturated rings. The summed E-state index contributed by atoms with van der Waals surface area (Å²) in [6.45, 7) is 0. The predicted molar refractivity (Wildman–Crippen MR) is 76.4 cm³/mol. The molecule has 1 amide bonds. The van der Waals surface area contributed by atoms with Gasteiger partial charge in [0.15, 0.2) is 11.6 Å². The van der Waals surface area contributed by atoms with Gasteiger partial charge in [0.2, 0.25) is 0 Å². The second kappa shape index (κ2) is 5.60. The number of rotatable bonds is 3. The summed E-state index contributed by atoms with van der Waals surface area (Å²) in [6, 6.07) is 0. The van der Waals surface area contributed by atoms with Crippen molar-refractivity contribution in [3.05, 3.63) is 47.5 Å². The van der Waals surface area contributed by atoms with Gasteiger partial charge in [-0.05, 0) is 0 Å². The zero-order chi connectivity index (χ0) is 15.7. The minimum Gasteiger partial charge on any atom is -0.318 e. The zero-order valence-corrected chi connectivity index (χ0v) is 12.1. The van der Waals surface area contributed by atoms with Crippen LogP contribution < -0.4 is 5.32 Å². The van der Waals surface area contributed by atoms with Crippen molar-refractivity contribution in [3.63, 3.8) is 0 Å². The van der Waals surface area contributed by atoms with Gasteiger partial charge in [-0.1, -0.05) is 0 Å². The molecule has 0 unspecified atom stereocenters. The van der Waals surface area contributed by atoms with Gasteiger partial charge >= 0.3 is 0 Å². The number of anilines is 1. The molecular weight excluding hydrogens is 312 g/mol. The number of halogens is 2. The Bertz CT molecular complexity index is 824. The lowest BCUT2D eigenvalue weighted by atomic mass is 10.2. The Hall–Kier alpha value is -2.68. The highest BCUT2D eigenvalue weighted by molar-refractivity contribution is 7.13. The summed E-state index contributed by atoms with van der Waals surface area (Å²) < 4.78 is 28.8. The van der Waals surface area contributed by atoms with Gasteiger partial charge in [0.25, 0.3) is 5.91 Å². The van der Waals surface area contributed by atoms with Crippen molar-refractivity contribution < 1.29 is 13.6 Å². The van der Waals surface area contributed by atoms with Crippen LogP contribution in [0.5, 0.6) is 0 Å². The lowest BCUT2D eigenvalue weighted by Crippen LogP contribution is -2.11. The van der Waals surface area contributed by atoms with Crippen molar-refractivity contribution in [1.29, 1.82) is 0 Å². The number of nitrogens with one attached hydrogen (secondary N) is 1. The summed E-state index contributed by atoms with van der Waals surface area (Å²) >= 11 is 0.975. The molecule has 1 N–H and O–H groups in total. The first-order valence-electron chi connectivity index (χ1n) is 6.09. The minimum absolute atomic E-state index is 0.0689. The predicted octanol–water partition coefficient (Wildman–Crippen LogP) is 2.47. The first kappa shape index (κ1) is 14.3. The number of aryl methyl sites for hydroxylation is 1. The highest BCUT2D eigenvalue weighted by atomic mass is 32.1. The van der Waals surface area contributed by atoms with Gasteiger partial charge < -0.3 is 5.32 Å². The molecule has 0 radical (unpaired) electrons. The maximum Gasteiger partial charge on any atom is 0.275 e. The van der Waals surface area contributed by atoms with Crippen molar-refractivity contribution in [2.24, 2.45) is 7.05 Å². The van der Waals surface area contributed by atoms with Crippen LogP contribution in [0.25, 0.3) is 10.6 Å². The molecule has 3 rings (SSSR count). The summed E-state index contributed by atoms with van der Waals surface area (Å²) in [5, 5.41) is 8.02. The third kappa shape index (κ3) is 2.70. The molecule has 0 atom stereocenters. The first-order chi connectivity index (χ1) is 10.5. The lowest BCUT2D eigenvalue weighted by molar-refractivity contribution is 0.102. The Balaban J connectivity index is 1.86. The van der Waals surface area contributed by atoms with Gasteiger partial charge in [0, 0.05) is 18.6 Å². The molecule has 0 aromatic carbocycles. The van der Waals surface area contributed by atoms with Crippen molar-refractivity contribution in [2.75, 3.05) is 5.32 Å². The van der Waals surface area contributed by atoms with Crippen molar-refractivity contribution in [2.45, 2.75) is 0 Å². The van der Waals surface area contributed by atoms with Gasteiger partial charge in [-0.15, -0.1) is 11.3 Å². The second-order valence-corrected chi connectivity index (χ2v) is 5.23. The smallest absolute Gasteiger partial charge is 0.275 e. The number of aromatic nitrogens is 4. The van der Waals surface area contributed by atoms with E-state index in [9.17, 15) is 13.6 Å².